The summed E-state index contributed by atoms with van der Waals surface area (Å²) in [6.45, 7) is -0.0276. The van der Waals surface area contributed by atoms with E-state index in [2.05, 4.69) is 20.0 Å². The van der Waals surface area contributed by atoms with E-state index in [1.807, 2.05) is 6.26 Å². The van der Waals surface area contributed by atoms with E-state index in [0.717, 1.165) is 0 Å². The Morgan fingerprint density at radius 3 is 2.59 bits per heavy atom. The number of oxime groups is 1. The van der Waals surface area contributed by atoms with Crippen molar-refractivity contribution in [3.05, 3.63) is 0 Å². The first-order valence-corrected chi connectivity index (χ1v) is 11.6. The van der Waals surface area contributed by atoms with Crippen molar-refractivity contribution in [2.24, 2.45) is 5.16 Å². The Labute approximate surface area is 142 Å². The van der Waals surface area contributed by atoms with Crippen molar-refractivity contribution in [1.29, 1.82) is 0 Å². The number of amides is 1. The molecular formula is C10H22N3O5PS3. The number of carbonyl (C=O) groups is 1. The van der Waals surface area contributed by atoms with Gasteiger partial charge in [0.1, 0.15) is 21.9 Å². The molecule has 0 fully saturated rings. The van der Waals surface area contributed by atoms with E-state index in [9.17, 15) is 9.00 Å². The summed E-state index contributed by atoms with van der Waals surface area (Å²) in [4.78, 5) is 15.8. The monoisotopic (exact) mass is 391 g/mol. The molecule has 12 heteroatoms. The summed E-state index contributed by atoms with van der Waals surface area (Å²) < 4.78 is 24.7. The van der Waals surface area contributed by atoms with Gasteiger partial charge in [0.15, 0.2) is 6.49 Å². The van der Waals surface area contributed by atoms with E-state index >= 15 is 0 Å². The van der Waals surface area contributed by atoms with Crippen LogP contribution in [-0.2, 0) is 36.7 Å². The number of thioether (sulfide) groups is 1. The Hall–Kier alpha value is -0.0300. The fourth-order valence-electron chi connectivity index (χ4n) is 1.07. The molecule has 0 rings (SSSR count). The molecule has 0 spiro atoms. The first kappa shape index (κ1) is 22.0. The summed E-state index contributed by atoms with van der Waals surface area (Å²) in [6, 6.07) is 0. The number of hydrogen-bond acceptors (Lipinski definition) is 8. The van der Waals surface area contributed by atoms with Gasteiger partial charge in [0, 0.05) is 26.9 Å². The zero-order chi connectivity index (χ0) is 17.0. The fourth-order valence-corrected chi connectivity index (χ4v) is 3.35. The topological polar surface area (TPSA) is 98.3 Å². The molecule has 0 saturated carbocycles. The van der Waals surface area contributed by atoms with Gasteiger partial charge in [-0.25, -0.2) is 13.7 Å². The molecule has 0 radical (unpaired) electrons. The highest BCUT2D eigenvalue weighted by molar-refractivity contribution is 8.13. The van der Waals surface area contributed by atoms with Crippen LogP contribution in [0.4, 0.5) is 4.79 Å². The summed E-state index contributed by atoms with van der Waals surface area (Å²) >= 11 is 6.56. The minimum atomic E-state index is -2.21. The summed E-state index contributed by atoms with van der Waals surface area (Å²) in [5, 5.41) is 6.50. The molecule has 0 aromatic carbocycles. The van der Waals surface area contributed by atoms with Gasteiger partial charge in [-0.2, -0.15) is 0 Å². The normalized spacial score (nSPS) is 13.7. The summed E-state index contributed by atoms with van der Waals surface area (Å²) in [6.07, 6.45) is 2.30. The Bertz CT molecular complexity index is 442. The lowest BCUT2D eigenvalue weighted by Crippen LogP contribution is -2.32. The van der Waals surface area contributed by atoms with Crippen LogP contribution in [0.3, 0.4) is 0 Å². The number of nitrogens with zero attached hydrogens (tertiary/aromatic N) is 1. The second-order valence-corrected chi connectivity index (χ2v) is 10.1. The Balaban J connectivity index is 3.83. The smallest absolute Gasteiger partial charge is 0.333 e. The molecule has 2 N–H and O–H groups in total. The van der Waals surface area contributed by atoms with Gasteiger partial charge in [0.05, 0.1) is 0 Å². The molecule has 22 heavy (non-hydrogen) atoms. The molecular weight excluding hydrogens is 369 g/mol. The lowest BCUT2D eigenvalue weighted by Gasteiger charge is -2.17. The average molecular weight is 391 g/mol. The van der Waals surface area contributed by atoms with E-state index in [4.69, 9.17) is 20.9 Å². The van der Waals surface area contributed by atoms with E-state index in [-0.39, 0.29) is 5.88 Å². The molecule has 0 aromatic rings. The van der Waals surface area contributed by atoms with Crippen LogP contribution >= 0.6 is 18.3 Å². The van der Waals surface area contributed by atoms with Gasteiger partial charge in [-0.3, -0.25) is 4.84 Å². The van der Waals surface area contributed by atoms with Gasteiger partial charge in [-0.05, 0) is 31.4 Å². The molecule has 0 aliphatic heterocycles. The SMILES string of the molecule is COP(=S)(CCCNS(=O)CNC(=O)ON=C(C)SC)OC. The van der Waals surface area contributed by atoms with Crippen LogP contribution in [0.1, 0.15) is 13.3 Å². The zero-order valence-corrected chi connectivity index (χ0v) is 16.3. The number of rotatable bonds is 10. The average Bonchev–Trinajstić information content (AvgIpc) is 2.54. The highest BCUT2D eigenvalue weighted by atomic mass is 32.5. The van der Waals surface area contributed by atoms with Crippen LogP contribution in [0.5, 0.6) is 0 Å². The van der Waals surface area contributed by atoms with E-state index < -0.39 is 23.6 Å². The zero-order valence-electron chi connectivity index (χ0n) is 13.0. The maximum Gasteiger partial charge on any atom is 0.434 e. The Morgan fingerprint density at radius 2 is 2.05 bits per heavy atom. The van der Waals surface area contributed by atoms with E-state index in [1.165, 1.54) is 26.0 Å². The molecule has 1 unspecified atom stereocenters. The predicted octanol–water partition coefficient (Wildman–Crippen LogP) is 1.61. The molecule has 1 amide bonds. The van der Waals surface area contributed by atoms with Crippen LogP contribution < -0.4 is 10.0 Å². The second-order valence-electron chi connectivity index (χ2n) is 3.81. The van der Waals surface area contributed by atoms with E-state index in [0.29, 0.717) is 24.2 Å². The van der Waals surface area contributed by atoms with Crippen LogP contribution in [0.15, 0.2) is 5.16 Å². The van der Waals surface area contributed by atoms with Gasteiger partial charge in [-0.1, -0.05) is 5.16 Å². The van der Waals surface area contributed by atoms with Gasteiger partial charge >= 0.3 is 6.09 Å². The maximum atomic E-state index is 11.6. The highest BCUT2D eigenvalue weighted by Gasteiger charge is 2.14. The van der Waals surface area contributed by atoms with Crippen molar-refractivity contribution in [2.75, 3.05) is 39.1 Å². The van der Waals surface area contributed by atoms with E-state index in [1.54, 1.807) is 6.92 Å². The third kappa shape index (κ3) is 10.7. The van der Waals surface area contributed by atoms with Crippen LogP contribution in [-0.4, -0.2) is 54.4 Å². The quantitative estimate of drug-likeness (QED) is 0.146. The third-order valence-electron chi connectivity index (χ3n) is 2.33. The molecule has 0 heterocycles. The molecule has 0 bridgehead atoms. The minimum Gasteiger partial charge on any atom is -0.333 e. The molecule has 0 aromatic heterocycles. The van der Waals surface area contributed by atoms with Crippen molar-refractivity contribution in [2.45, 2.75) is 13.3 Å². The standard InChI is InChI=1S/C10H22N3O5PS3/c1-9(21-4)13-18-10(14)11-8-22(15)12-6-5-7-19(20,16-2)17-3/h12H,5-8H2,1-4H3,(H,11,14). The van der Waals surface area contributed by atoms with Crippen molar-refractivity contribution in [3.8, 4) is 0 Å². The molecule has 1 atom stereocenters. The highest BCUT2D eigenvalue weighted by Crippen LogP contribution is 2.46. The van der Waals surface area contributed by atoms with Gasteiger partial charge in [0.25, 0.3) is 0 Å². The van der Waals surface area contributed by atoms with Gasteiger partial charge < -0.3 is 14.4 Å². The van der Waals surface area contributed by atoms with Crippen LogP contribution in [0.2, 0.25) is 0 Å². The molecule has 0 aliphatic rings. The van der Waals surface area contributed by atoms with Gasteiger partial charge in [-0.15, -0.1) is 11.8 Å². The van der Waals surface area contributed by atoms with Crippen molar-refractivity contribution in [3.63, 3.8) is 0 Å². The Kier molecular flexibility index (Phi) is 12.4. The summed E-state index contributed by atoms with van der Waals surface area (Å²) in [5.41, 5.74) is 0. The minimum absolute atomic E-state index is 0.0740. The number of nitrogens with one attached hydrogen (secondary N) is 2. The van der Waals surface area contributed by atoms with Crippen molar-refractivity contribution in [1.82, 2.24) is 10.0 Å². The predicted molar refractivity (Wildman–Crippen MR) is 95.0 cm³/mol. The number of hydrogen-bond donors (Lipinski definition) is 2. The van der Waals surface area contributed by atoms with Crippen LogP contribution in [0.25, 0.3) is 0 Å². The second kappa shape index (κ2) is 12.4. The number of carbonyl (C=O) groups excluding carboxylic acids is 1. The largest absolute Gasteiger partial charge is 0.434 e. The maximum absolute atomic E-state index is 11.6. The lowest BCUT2D eigenvalue weighted by molar-refractivity contribution is 0.153. The molecule has 8 nitrogen and oxygen atoms in total. The lowest BCUT2D eigenvalue weighted by atomic mass is 10.5. The third-order valence-corrected chi connectivity index (χ3v) is 7.35. The summed E-state index contributed by atoms with van der Waals surface area (Å²) in [7, 11) is 1.63. The van der Waals surface area contributed by atoms with Crippen LogP contribution in [0, 0.1) is 0 Å². The first-order valence-electron chi connectivity index (χ1n) is 6.22. The molecule has 0 aliphatic carbocycles. The molecule has 0 saturated heterocycles. The fraction of sp³-hybridized carbons (Fsp3) is 0.800. The first-order chi connectivity index (χ1) is 10.4. The Morgan fingerprint density at radius 1 is 1.41 bits per heavy atom. The van der Waals surface area contributed by atoms with Crippen molar-refractivity contribution >= 4 is 52.2 Å². The van der Waals surface area contributed by atoms with Crippen molar-refractivity contribution < 1.29 is 22.9 Å². The van der Waals surface area contributed by atoms with Gasteiger partial charge in [0.2, 0.25) is 0 Å². The summed E-state index contributed by atoms with van der Waals surface area (Å²) in [5.74, 6) is -0.0740. The molecule has 130 valence electrons.